The van der Waals surface area contributed by atoms with Crippen molar-refractivity contribution in [3.63, 3.8) is 0 Å². The molecule has 96 valence electrons. The normalized spacial score (nSPS) is 11.5. The van der Waals surface area contributed by atoms with E-state index in [-0.39, 0.29) is 5.75 Å². The van der Waals surface area contributed by atoms with Crippen molar-refractivity contribution in [2.24, 2.45) is 0 Å². The Hall–Kier alpha value is -0.880. The third-order valence-corrected chi connectivity index (χ3v) is 2.80. The van der Waals surface area contributed by atoms with E-state index in [2.05, 4.69) is 16.4 Å². The van der Waals surface area contributed by atoms with Gasteiger partial charge in [-0.3, -0.25) is 4.72 Å². The Morgan fingerprint density at radius 1 is 1.24 bits per heavy atom. The van der Waals surface area contributed by atoms with Crippen molar-refractivity contribution in [2.75, 3.05) is 5.75 Å². The topological polar surface area (TPSA) is 21.3 Å². The zero-order chi connectivity index (χ0) is 12.7. The number of hydrogen-bond acceptors (Lipinski definition) is 3. The van der Waals surface area contributed by atoms with E-state index in [1.165, 1.54) is 12.1 Å². The summed E-state index contributed by atoms with van der Waals surface area (Å²) >= 11 is 1.60. The summed E-state index contributed by atoms with van der Waals surface area (Å²) in [4.78, 5) is 0. The van der Waals surface area contributed by atoms with E-state index in [4.69, 9.17) is 0 Å². The van der Waals surface area contributed by atoms with Crippen molar-refractivity contribution >= 4 is 11.9 Å². The van der Waals surface area contributed by atoms with Crippen LogP contribution < -0.4 is 9.46 Å². The molecule has 0 aromatic heterocycles. The van der Waals surface area contributed by atoms with Gasteiger partial charge in [-0.1, -0.05) is 31.0 Å². The van der Waals surface area contributed by atoms with Gasteiger partial charge in [-0.2, -0.15) is 0 Å². The first-order valence-electron chi connectivity index (χ1n) is 5.20. The van der Waals surface area contributed by atoms with Gasteiger partial charge in [0.15, 0.2) is 0 Å². The van der Waals surface area contributed by atoms with Gasteiger partial charge in [0.25, 0.3) is 0 Å². The molecular weight excluding hydrogens is 251 g/mol. The molecule has 0 fully saturated rings. The van der Waals surface area contributed by atoms with Gasteiger partial charge in [0.2, 0.25) is 0 Å². The molecule has 0 radical (unpaired) electrons. The molecule has 0 heterocycles. The number of hydrogen-bond donors (Lipinski definition) is 1. The third-order valence-electron chi connectivity index (χ3n) is 1.84. The average molecular weight is 265 g/mol. The summed E-state index contributed by atoms with van der Waals surface area (Å²) < 4.78 is 42.6. The predicted molar refractivity (Wildman–Crippen MR) is 62.7 cm³/mol. The highest BCUT2D eigenvalue weighted by molar-refractivity contribution is 7.97. The van der Waals surface area contributed by atoms with Crippen molar-refractivity contribution in [2.45, 2.75) is 26.3 Å². The molecule has 0 unspecified atom stereocenters. The lowest BCUT2D eigenvalue weighted by molar-refractivity contribution is -0.274. The average Bonchev–Trinajstić information content (AvgIpc) is 2.25. The second kappa shape index (κ2) is 6.76. The van der Waals surface area contributed by atoms with Crippen LogP contribution in [0.4, 0.5) is 13.2 Å². The molecule has 6 heteroatoms. The fourth-order valence-corrected chi connectivity index (χ4v) is 1.73. The highest BCUT2D eigenvalue weighted by atomic mass is 32.2. The van der Waals surface area contributed by atoms with Crippen molar-refractivity contribution in [3.8, 4) is 5.75 Å². The number of rotatable bonds is 6. The van der Waals surface area contributed by atoms with Crippen LogP contribution in [-0.2, 0) is 6.54 Å². The van der Waals surface area contributed by atoms with Crippen molar-refractivity contribution in [1.29, 1.82) is 0 Å². The lowest BCUT2D eigenvalue weighted by atomic mass is 10.2. The summed E-state index contributed by atoms with van der Waals surface area (Å²) in [5.41, 5.74) is 0.920. The largest absolute Gasteiger partial charge is 0.573 e. The smallest absolute Gasteiger partial charge is 0.406 e. The minimum Gasteiger partial charge on any atom is -0.406 e. The molecule has 1 aromatic rings. The summed E-state index contributed by atoms with van der Waals surface area (Å²) in [6.07, 6.45) is -3.55. The van der Waals surface area contributed by atoms with Crippen LogP contribution in [0, 0.1) is 0 Å². The highest BCUT2D eigenvalue weighted by Crippen LogP contribution is 2.22. The van der Waals surface area contributed by atoms with Crippen LogP contribution >= 0.6 is 11.9 Å². The van der Waals surface area contributed by atoms with Crippen LogP contribution in [-0.4, -0.2) is 12.1 Å². The van der Waals surface area contributed by atoms with Crippen LogP contribution in [0.15, 0.2) is 24.3 Å². The number of ether oxygens (including phenoxy) is 1. The van der Waals surface area contributed by atoms with Crippen molar-refractivity contribution in [1.82, 2.24) is 4.72 Å². The van der Waals surface area contributed by atoms with Crippen LogP contribution in [0.5, 0.6) is 5.75 Å². The Bertz CT molecular complexity index is 326. The zero-order valence-electron chi connectivity index (χ0n) is 9.38. The predicted octanol–water partition coefficient (Wildman–Crippen LogP) is 3.73. The number of nitrogens with one attached hydrogen (secondary N) is 1. The summed E-state index contributed by atoms with van der Waals surface area (Å²) in [6, 6.07) is 5.85. The lowest BCUT2D eigenvalue weighted by Crippen LogP contribution is -2.17. The molecule has 1 aromatic carbocycles. The van der Waals surface area contributed by atoms with E-state index in [1.54, 1.807) is 24.1 Å². The minimum absolute atomic E-state index is 0.192. The van der Waals surface area contributed by atoms with Crippen LogP contribution in [0.25, 0.3) is 0 Å². The van der Waals surface area contributed by atoms with Crippen LogP contribution in [0.3, 0.4) is 0 Å². The molecule has 0 bridgehead atoms. The maximum Gasteiger partial charge on any atom is 0.573 e. The molecule has 0 aliphatic heterocycles. The van der Waals surface area contributed by atoms with E-state index >= 15 is 0 Å². The maximum atomic E-state index is 11.9. The summed E-state index contributed by atoms with van der Waals surface area (Å²) in [5.74, 6) is 0.817. The first-order chi connectivity index (χ1) is 8.01. The van der Waals surface area contributed by atoms with Gasteiger partial charge in [0, 0.05) is 12.3 Å². The second-order valence-corrected chi connectivity index (χ2v) is 4.35. The van der Waals surface area contributed by atoms with Crippen LogP contribution in [0.1, 0.15) is 18.9 Å². The summed E-state index contributed by atoms with van der Waals surface area (Å²) in [6.45, 7) is 2.70. The van der Waals surface area contributed by atoms with Gasteiger partial charge < -0.3 is 4.74 Å². The van der Waals surface area contributed by atoms with Crippen LogP contribution in [0.2, 0.25) is 0 Å². The quantitative estimate of drug-likeness (QED) is 0.625. The van der Waals surface area contributed by atoms with Gasteiger partial charge >= 0.3 is 6.36 Å². The van der Waals surface area contributed by atoms with E-state index in [9.17, 15) is 13.2 Å². The molecule has 0 aliphatic carbocycles. The fourth-order valence-electron chi connectivity index (χ4n) is 1.12. The first kappa shape index (κ1) is 14.2. The fraction of sp³-hybridized carbons (Fsp3) is 0.455. The molecular formula is C11H14F3NOS. The van der Waals surface area contributed by atoms with Crippen molar-refractivity contribution < 1.29 is 17.9 Å². The summed E-state index contributed by atoms with van der Waals surface area (Å²) in [5, 5.41) is 0. The van der Waals surface area contributed by atoms with Gasteiger partial charge in [-0.25, -0.2) is 0 Å². The van der Waals surface area contributed by atoms with E-state index in [0.717, 1.165) is 17.7 Å². The Morgan fingerprint density at radius 3 is 2.41 bits per heavy atom. The monoisotopic (exact) mass is 265 g/mol. The van der Waals surface area contributed by atoms with Gasteiger partial charge in [0.05, 0.1) is 0 Å². The Morgan fingerprint density at radius 2 is 1.88 bits per heavy atom. The van der Waals surface area contributed by atoms with E-state index in [1.807, 2.05) is 0 Å². The molecule has 0 atom stereocenters. The highest BCUT2D eigenvalue weighted by Gasteiger charge is 2.30. The number of halogens is 3. The number of benzene rings is 1. The van der Waals surface area contributed by atoms with E-state index in [0.29, 0.717) is 6.54 Å². The molecule has 1 rings (SSSR count). The molecule has 17 heavy (non-hydrogen) atoms. The van der Waals surface area contributed by atoms with E-state index < -0.39 is 6.36 Å². The lowest BCUT2D eigenvalue weighted by Gasteiger charge is -2.09. The SMILES string of the molecule is CCCSNCc1ccc(OC(F)(F)F)cc1. The standard InChI is InChI=1S/C11H14F3NOS/c1-2-7-17-15-8-9-3-5-10(6-4-9)16-11(12,13)14/h3-6,15H,2,7-8H2,1H3. The number of alkyl halides is 3. The molecule has 1 N–H and O–H groups in total. The molecule has 2 nitrogen and oxygen atoms in total. The Labute approximate surface area is 103 Å². The second-order valence-electron chi connectivity index (χ2n) is 3.36. The molecule has 0 spiro atoms. The Balaban J connectivity index is 2.39. The first-order valence-corrected chi connectivity index (χ1v) is 6.19. The summed E-state index contributed by atoms with van der Waals surface area (Å²) in [7, 11) is 0. The zero-order valence-corrected chi connectivity index (χ0v) is 10.2. The van der Waals surface area contributed by atoms with Crippen molar-refractivity contribution in [3.05, 3.63) is 29.8 Å². The Kier molecular flexibility index (Phi) is 5.64. The molecule has 0 saturated heterocycles. The maximum absolute atomic E-state index is 11.9. The third kappa shape index (κ3) is 6.43. The van der Waals surface area contributed by atoms with Gasteiger partial charge in [-0.05, 0) is 24.1 Å². The van der Waals surface area contributed by atoms with Gasteiger partial charge in [0.1, 0.15) is 5.75 Å². The molecule has 0 aliphatic rings. The molecule has 0 amide bonds. The van der Waals surface area contributed by atoms with Gasteiger partial charge in [-0.15, -0.1) is 13.2 Å². The molecule has 0 saturated carbocycles. The minimum atomic E-state index is -4.63.